The van der Waals surface area contributed by atoms with E-state index >= 15 is 0 Å². The molecule has 0 spiro atoms. The predicted molar refractivity (Wildman–Crippen MR) is 97.3 cm³/mol. The maximum Gasteiger partial charge on any atom is 0.239 e. The molecule has 2 aromatic heterocycles. The van der Waals surface area contributed by atoms with Crippen molar-refractivity contribution < 1.29 is 4.79 Å². The first-order valence-corrected chi connectivity index (χ1v) is 9.91. The lowest BCUT2D eigenvalue weighted by Gasteiger charge is -2.32. The van der Waals surface area contributed by atoms with E-state index in [-0.39, 0.29) is 6.04 Å². The zero-order chi connectivity index (χ0) is 16.5. The van der Waals surface area contributed by atoms with E-state index in [4.69, 9.17) is 0 Å². The van der Waals surface area contributed by atoms with E-state index < -0.39 is 0 Å². The second-order valence-corrected chi connectivity index (χ2v) is 7.98. The van der Waals surface area contributed by atoms with Crippen LogP contribution in [0.25, 0.3) is 5.65 Å². The quantitative estimate of drug-likeness (QED) is 0.856. The van der Waals surface area contributed by atoms with Crippen LogP contribution in [0.3, 0.4) is 0 Å². The average Bonchev–Trinajstić information content (AvgIpc) is 3.23. The summed E-state index contributed by atoms with van der Waals surface area (Å²) in [7, 11) is 0. The zero-order valence-electron chi connectivity index (χ0n) is 14.1. The molecule has 0 aliphatic carbocycles. The highest BCUT2D eigenvalue weighted by molar-refractivity contribution is 7.99. The molecule has 128 valence electrons. The molecule has 2 fully saturated rings. The highest BCUT2D eigenvalue weighted by Gasteiger charge is 2.34. The van der Waals surface area contributed by atoms with Gasteiger partial charge < -0.3 is 9.30 Å². The van der Waals surface area contributed by atoms with Gasteiger partial charge in [-0.05, 0) is 37.9 Å². The van der Waals surface area contributed by atoms with Crippen molar-refractivity contribution in [2.75, 3.05) is 31.1 Å². The number of hydrogen-bond donors (Lipinski definition) is 0. The maximum absolute atomic E-state index is 12.9. The van der Waals surface area contributed by atoms with Gasteiger partial charge in [-0.2, -0.15) is 11.8 Å². The van der Waals surface area contributed by atoms with E-state index in [1.807, 2.05) is 18.0 Å². The molecule has 0 saturated carbocycles. The van der Waals surface area contributed by atoms with Gasteiger partial charge >= 0.3 is 0 Å². The molecule has 0 radical (unpaired) electrons. The van der Waals surface area contributed by atoms with Gasteiger partial charge in [0.1, 0.15) is 5.65 Å². The van der Waals surface area contributed by atoms with Gasteiger partial charge in [0.25, 0.3) is 0 Å². The smallest absolute Gasteiger partial charge is 0.239 e. The van der Waals surface area contributed by atoms with Crippen LogP contribution < -0.4 is 0 Å². The zero-order valence-corrected chi connectivity index (χ0v) is 15.0. The molecule has 2 aliphatic heterocycles. The summed E-state index contributed by atoms with van der Waals surface area (Å²) in [5.74, 6) is 2.48. The second-order valence-electron chi connectivity index (χ2n) is 6.75. The molecule has 1 unspecified atom stereocenters. The second kappa shape index (κ2) is 6.76. The monoisotopic (exact) mass is 344 g/mol. The Morgan fingerprint density at radius 1 is 1.29 bits per heavy atom. The minimum atomic E-state index is 0.0449. The van der Waals surface area contributed by atoms with Gasteiger partial charge in [-0.1, -0.05) is 6.07 Å². The van der Waals surface area contributed by atoms with Crippen LogP contribution in [0.15, 0.2) is 24.5 Å². The summed E-state index contributed by atoms with van der Waals surface area (Å²) in [5.41, 5.74) is 3.37. The molecular weight excluding hydrogens is 320 g/mol. The molecule has 1 atom stereocenters. The Kier molecular flexibility index (Phi) is 4.50. The van der Waals surface area contributed by atoms with Crippen LogP contribution in [0.1, 0.15) is 24.1 Å². The summed E-state index contributed by atoms with van der Waals surface area (Å²) in [6.07, 6.45) is 6.17. The molecule has 2 aromatic rings. The summed E-state index contributed by atoms with van der Waals surface area (Å²) < 4.78 is 2.16. The molecular formula is C18H24N4OS. The number of hydrogen-bond acceptors (Lipinski definition) is 4. The van der Waals surface area contributed by atoms with E-state index in [1.165, 1.54) is 11.3 Å². The van der Waals surface area contributed by atoms with Gasteiger partial charge in [0, 0.05) is 37.3 Å². The number of imidazole rings is 1. The Hall–Kier alpha value is -1.53. The van der Waals surface area contributed by atoms with Crippen molar-refractivity contribution in [3.63, 3.8) is 0 Å². The molecule has 1 amide bonds. The van der Waals surface area contributed by atoms with Gasteiger partial charge in [-0.25, -0.2) is 4.98 Å². The van der Waals surface area contributed by atoms with Crippen LogP contribution in [0.4, 0.5) is 0 Å². The Labute approximate surface area is 147 Å². The topological polar surface area (TPSA) is 40.9 Å². The fraction of sp³-hybridized carbons (Fsp3) is 0.556. The number of fused-ring (bicyclic) bond motifs is 1. The summed E-state index contributed by atoms with van der Waals surface area (Å²) in [4.78, 5) is 21.8. The maximum atomic E-state index is 12.9. The minimum Gasteiger partial charge on any atom is -0.340 e. The SMILES string of the molecule is Cc1ccc2ncc(CN3CCCC3C(=O)N3CCSCC3)n2c1. The molecule has 6 heteroatoms. The van der Waals surface area contributed by atoms with Crippen LogP contribution in [0, 0.1) is 6.92 Å². The number of thioether (sulfide) groups is 1. The normalized spacial score (nSPS) is 22.4. The number of pyridine rings is 1. The van der Waals surface area contributed by atoms with Crippen LogP contribution in [-0.4, -0.2) is 62.3 Å². The Morgan fingerprint density at radius 3 is 2.96 bits per heavy atom. The molecule has 4 heterocycles. The van der Waals surface area contributed by atoms with E-state index in [9.17, 15) is 4.79 Å². The van der Waals surface area contributed by atoms with Crippen LogP contribution >= 0.6 is 11.8 Å². The van der Waals surface area contributed by atoms with E-state index in [0.29, 0.717) is 5.91 Å². The lowest BCUT2D eigenvalue weighted by Crippen LogP contribution is -2.48. The summed E-state index contributed by atoms with van der Waals surface area (Å²) in [5, 5.41) is 0. The Morgan fingerprint density at radius 2 is 2.12 bits per heavy atom. The summed E-state index contributed by atoms with van der Waals surface area (Å²) in [6, 6.07) is 4.18. The third-order valence-electron chi connectivity index (χ3n) is 5.07. The van der Waals surface area contributed by atoms with E-state index in [0.717, 1.165) is 56.2 Å². The number of aromatic nitrogens is 2. The van der Waals surface area contributed by atoms with Gasteiger partial charge in [-0.15, -0.1) is 0 Å². The van der Waals surface area contributed by atoms with Gasteiger partial charge in [0.2, 0.25) is 5.91 Å². The van der Waals surface area contributed by atoms with Crippen molar-refractivity contribution in [3.05, 3.63) is 35.8 Å². The molecule has 5 nitrogen and oxygen atoms in total. The van der Waals surface area contributed by atoms with Crippen LogP contribution in [0.2, 0.25) is 0 Å². The first kappa shape index (κ1) is 16.0. The highest BCUT2D eigenvalue weighted by Crippen LogP contribution is 2.23. The van der Waals surface area contributed by atoms with Crippen molar-refractivity contribution in [3.8, 4) is 0 Å². The number of nitrogens with zero attached hydrogens (tertiary/aromatic N) is 4. The first-order chi connectivity index (χ1) is 11.7. The summed E-state index contributed by atoms with van der Waals surface area (Å²) in [6.45, 7) is 5.70. The van der Waals surface area contributed by atoms with Crippen LogP contribution in [0.5, 0.6) is 0 Å². The van der Waals surface area contributed by atoms with Crippen molar-refractivity contribution in [1.82, 2.24) is 19.2 Å². The fourth-order valence-electron chi connectivity index (χ4n) is 3.75. The van der Waals surface area contributed by atoms with Crippen molar-refractivity contribution in [2.24, 2.45) is 0 Å². The Balaban J connectivity index is 1.52. The number of amides is 1. The summed E-state index contributed by atoms with van der Waals surface area (Å²) >= 11 is 1.95. The number of rotatable bonds is 3. The van der Waals surface area contributed by atoms with Crippen molar-refractivity contribution >= 4 is 23.3 Å². The van der Waals surface area contributed by atoms with Crippen molar-refractivity contribution in [1.29, 1.82) is 0 Å². The molecule has 2 aliphatic rings. The molecule has 4 rings (SSSR count). The molecule has 0 aromatic carbocycles. The van der Waals surface area contributed by atoms with Gasteiger partial charge in [-0.3, -0.25) is 9.69 Å². The van der Waals surface area contributed by atoms with Crippen LogP contribution in [-0.2, 0) is 11.3 Å². The number of carbonyl (C=O) groups excluding carboxylic acids is 1. The lowest BCUT2D eigenvalue weighted by molar-refractivity contribution is -0.135. The number of likely N-dealkylation sites (tertiary alicyclic amines) is 1. The fourth-order valence-corrected chi connectivity index (χ4v) is 4.65. The highest BCUT2D eigenvalue weighted by atomic mass is 32.2. The molecule has 24 heavy (non-hydrogen) atoms. The van der Waals surface area contributed by atoms with Crippen molar-refractivity contribution in [2.45, 2.75) is 32.4 Å². The first-order valence-electron chi connectivity index (χ1n) is 8.75. The third-order valence-corrected chi connectivity index (χ3v) is 6.01. The average molecular weight is 344 g/mol. The van der Waals surface area contributed by atoms with Gasteiger partial charge in [0.15, 0.2) is 0 Å². The number of carbonyl (C=O) groups is 1. The third kappa shape index (κ3) is 3.05. The van der Waals surface area contributed by atoms with Gasteiger partial charge in [0.05, 0.1) is 17.9 Å². The minimum absolute atomic E-state index is 0.0449. The molecule has 2 saturated heterocycles. The van der Waals surface area contributed by atoms with E-state index in [2.05, 4.69) is 44.4 Å². The number of aryl methyl sites for hydroxylation is 1. The largest absolute Gasteiger partial charge is 0.340 e. The Bertz CT molecular complexity index is 738. The predicted octanol–water partition coefficient (Wildman–Crippen LogP) is 2.18. The standard InChI is InChI=1S/C18H24N4OS/c1-14-4-5-17-19-11-15(22(17)12-14)13-21-6-2-3-16(21)18(23)20-7-9-24-10-8-20/h4-5,11-12,16H,2-3,6-10,13H2,1H3. The molecule has 0 bridgehead atoms. The van der Waals surface area contributed by atoms with E-state index in [1.54, 1.807) is 0 Å². The molecule has 0 N–H and O–H groups in total. The lowest BCUT2D eigenvalue weighted by atomic mass is 10.2.